The minimum Gasteiger partial charge on any atom is -0.748 e. The summed E-state index contributed by atoms with van der Waals surface area (Å²) >= 11 is 0. The molecule has 0 unspecified atom stereocenters. The van der Waals surface area contributed by atoms with Gasteiger partial charge in [0.2, 0.25) is 0 Å². The van der Waals surface area contributed by atoms with E-state index in [0.717, 1.165) is 5.75 Å². The maximum atomic E-state index is 11.0. The van der Waals surface area contributed by atoms with E-state index in [2.05, 4.69) is 111 Å². The van der Waals surface area contributed by atoms with Crippen molar-refractivity contribution in [1.82, 2.24) is 0 Å². The van der Waals surface area contributed by atoms with Gasteiger partial charge in [-0.05, 0) is 79.7 Å². The van der Waals surface area contributed by atoms with Crippen LogP contribution in [0.2, 0.25) is 0 Å². The van der Waals surface area contributed by atoms with Crippen LogP contribution in [-0.4, -0.2) is 72.9 Å². The molecule has 0 aliphatic heterocycles. The van der Waals surface area contributed by atoms with E-state index in [1.807, 2.05) is 6.92 Å². The Hall–Kier alpha value is -2.93. The zero-order chi connectivity index (χ0) is 29.9. The molecule has 220 valence electrons. The highest BCUT2D eigenvalue weighted by molar-refractivity contribution is 7.97. The highest BCUT2D eigenvalue weighted by atomic mass is 32.2. The number of hydrogen-bond acceptors (Lipinski definition) is 7. The average Bonchev–Trinajstić information content (AvgIpc) is 2.86. The van der Waals surface area contributed by atoms with Gasteiger partial charge in [-0.2, -0.15) is 13.2 Å². The normalized spacial score (nSPS) is 11.6. The van der Waals surface area contributed by atoms with Crippen LogP contribution in [0.3, 0.4) is 0 Å². The van der Waals surface area contributed by atoms with Crippen molar-refractivity contribution in [3.05, 3.63) is 72.8 Å². The maximum absolute atomic E-state index is 11.0. The molecule has 3 aromatic rings. The lowest BCUT2D eigenvalue weighted by Gasteiger charge is -2.15. The van der Waals surface area contributed by atoms with Crippen LogP contribution >= 0.6 is 0 Å². The number of alkyl halides is 3. The molecular weight excluding hydrogens is 565 g/mol. The summed E-state index contributed by atoms with van der Waals surface area (Å²) in [7, 11) is 2.93. The number of nitrogens with zero attached hydrogens (tertiary/aromatic N) is 2. The lowest BCUT2D eigenvalue weighted by atomic mass is 10.3. The van der Waals surface area contributed by atoms with Crippen molar-refractivity contribution < 1.29 is 35.6 Å². The minimum atomic E-state index is -5.16. The Morgan fingerprint density at radius 2 is 1.15 bits per heavy atom. The Labute approximate surface area is 237 Å². The number of rotatable bonds is 11. The van der Waals surface area contributed by atoms with E-state index in [0.29, 0.717) is 19.8 Å². The van der Waals surface area contributed by atoms with Crippen molar-refractivity contribution in [2.24, 2.45) is 0 Å². The van der Waals surface area contributed by atoms with Gasteiger partial charge in [0.05, 0.1) is 17.5 Å². The largest absolute Gasteiger partial charge is 0.748 e. The van der Waals surface area contributed by atoms with E-state index < -0.39 is 22.0 Å². The summed E-state index contributed by atoms with van der Waals surface area (Å²) in [6, 6.07) is 26.2. The molecular formula is C28H35F3N2O5S2. The molecule has 0 saturated carbocycles. The van der Waals surface area contributed by atoms with Crippen molar-refractivity contribution in [2.45, 2.75) is 27.8 Å². The molecule has 0 fully saturated rings. The summed E-state index contributed by atoms with van der Waals surface area (Å²) in [6.07, 6.45) is -4.92. The molecule has 0 aromatic heterocycles. The van der Waals surface area contributed by atoms with Crippen LogP contribution in [0.5, 0.6) is 5.75 Å². The Kier molecular flexibility index (Phi) is 12.6. The summed E-state index contributed by atoms with van der Waals surface area (Å²) in [6.45, 7) is 3.88. The monoisotopic (exact) mass is 600 g/mol. The van der Waals surface area contributed by atoms with Crippen molar-refractivity contribution in [3.63, 3.8) is 0 Å². The van der Waals surface area contributed by atoms with Crippen LogP contribution in [0.4, 0.5) is 24.5 Å². The molecule has 0 bridgehead atoms. The summed E-state index contributed by atoms with van der Waals surface area (Å²) in [5.41, 5.74) is 2.40. The standard InChI is InChI=1S/C26H33N2O2S.C2H3F3O3S/c1-6-29-19-20-30-23-11-17-26(18-12-23)31(24-13-7-21(8-14-24)27(2)3)25-15-9-22(10-16-25)28(4)5;3-2(4,5)1-9(6,7)8/h7-18H,6,19-20H2,1-5H3;1H2,(H,6,7,8)/q+1;/p-1. The molecule has 0 aliphatic rings. The van der Waals surface area contributed by atoms with Gasteiger partial charge in [-0.3, -0.25) is 0 Å². The predicted octanol–water partition coefficient (Wildman–Crippen LogP) is 5.42. The first-order valence-corrected chi connectivity index (χ1v) is 15.1. The van der Waals surface area contributed by atoms with Crippen LogP contribution in [0.1, 0.15) is 6.92 Å². The fraction of sp³-hybridized carbons (Fsp3) is 0.357. The van der Waals surface area contributed by atoms with E-state index in [9.17, 15) is 26.1 Å². The third-order valence-electron chi connectivity index (χ3n) is 5.28. The SMILES string of the molecule is CCOCCOc1ccc([S+](c2ccc(N(C)C)cc2)c2ccc(N(C)C)cc2)cc1.O=S(=O)([O-])CC(F)(F)F. The molecule has 0 saturated heterocycles. The van der Waals surface area contributed by atoms with Crippen molar-refractivity contribution in [2.75, 3.05) is 63.6 Å². The molecule has 0 spiro atoms. The second-order valence-electron chi connectivity index (χ2n) is 8.92. The molecule has 0 N–H and O–H groups in total. The number of ether oxygens (including phenoxy) is 2. The second kappa shape index (κ2) is 15.2. The highest BCUT2D eigenvalue weighted by Gasteiger charge is 2.30. The quantitative estimate of drug-likeness (QED) is 0.165. The lowest BCUT2D eigenvalue weighted by molar-refractivity contribution is -0.107. The smallest absolute Gasteiger partial charge is 0.401 e. The molecule has 0 heterocycles. The second-order valence-corrected chi connectivity index (χ2v) is 12.3. The van der Waals surface area contributed by atoms with E-state index in [4.69, 9.17) is 9.47 Å². The highest BCUT2D eigenvalue weighted by Crippen LogP contribution is 2.34. The van der Waals surface area contributed by atoms with Gasteiger partial charge < -0.3 is 23.8 Å². The summed E-state index contributed by atoms with van der Waals surface area (Å²) in [5, 5.41) is 0. The van der Waals surface area contributed by atoms with Gasteiger partial charge in [0.25, 0.3) is 0 Å². The Morgan fingerprint density at radius 3 is 1.45 bits per heavy atom. The number of benzene rings is 3. The third-order valence-corrected chi connectivity index (χ3v) is 8.19. The zero-order valence-electron chi connectivity index (χ0n) is 23.1. The number of hydrogen-bond donors (Lipinski definition) is 0. The van der Waals surface area contributed by atoms with E-state index in [1.165, 1.54) is 26.1 Å². The van der Waals surface area contributed by atoms with Gasteiger partial charge >= 0.3 is 6.18 Å². The number of anilines is 2. The summed E-state index contributed by atoms with van der Waals surface area (Å²) in [5.74, 6) is -1.42. The van der Waals surface area contributed by atoms with Gasteiger partial charge in [-0.25, -0.2) is 8.42 Å². The molecule has 12 heteroatoms. The Morgan fingerprint density at radius 1 is 0.750 bits per heavy atom. The topological polar surface area (TPSA) is 82.1 Å². The molecule has 0 aliphatic carbocycles. The van der Waals surface area contributed by atoms with Crippen LogP contribution in [0.15, 0.2) is 87.5 Å². The Balaban J connectivity index is 0.000000536. The fourth-order valence-electron chi connectivity index (χ4n) is 3.40. The van der Waals surface area contributed by atoms with Crippen molar-refractivity contribution in [3.8, 4) is 5.75 Å². The minimum absolute atomic E-state index is 0.192. The van der Waals surface area contributed by atoms with Crippen LogP contribution in [0.25, 0.3) is 0 Å². The average molecular weight is 601 g/mol. The molecule has 40 heavy (non-hydrogen) atoms. The molecule has 7 nitrogen and oxygen atoms in total. The zero-order valence-corrected chi connectivity index (χ0v) is 24.8. The van der Waals surface area contributed by atoms with Crippen LogP contribution < -0.4 is 14.5 Å². The Bertz CT molecular complexity index is 1220. The number of halogens is 3. The molecule has 0 atom stereocenters. The van der Waals surface area contributed by atoms with Gasteiger partial charge in [-0.15, -0.1) is 0 Å². The van der Waals surface area contributed by atoms with Gasteiger partial charge in [0.1, 0.15) is 28.2 Å². The summed E-state index contributed by atoms with van der Waals surface area (Å²) in [4.78, 5) is 8.12. The van der Waals surface area contributed by atoms with Gasteiger partial charge in [0, 0.05) is 46.2 Å². The van der Waals surface area contributed by atoms with E-state index in [1.54, 1.807) is 0 Å². The first-order valence-electron chi connectivity index (χ1n) is 12.3. The van der Waals surface area contributed by atoms with Crippen LogP contribution in [-0.2, 0) is 25.7 Å². The van der Waals surface area contributed by atoms with E-state index >= 15 is 0 Å². The van der Waals surface area contributed by atoms with Crippen molar-refractivity contribution in [1.29, 1.82) is 0 Å². The fourth-order valence-corrected chi connectivity index (χ4v) is 5.85. The van der Waals surface area contributed by atoms with Crippen LogP contribution in [0, 0.1) is 0 Å². The molecule has 0 amide bonds. The first-order chi connectivity index (χ1) is 18.7. The summed E-state index contributed by atoms with van der Waals surface area (Å²) < 4.78 is 72.2. The van der Waals surface area contributed by atoms with Gasteiger partial charge in [0.15, 0.2) is 14.7 Å². The lowest BCUT2D eigenvalue weighted by Crippen LogP contribution is -2.21. The molecule has 3 rings (SSSR count). The first kappa shape index (κ1) is 33.3. The molecule has 3 aromatic carbocycles. The van der Waals surface area contributed by atoms with Crippen molar-refractivity contribution >= 4 is 32.4 Å². The maximum Gasteiger partial charge on any atom is 0.401 e. The van der Waals surface area contributed by atoms with Gasteiger partial charge in [-0.1, -0.05) is 0 Å². The predicted molar refractivity (Wildman–Crippen MR) is 153 cm³/mol. The molecule has 0 radical (unpaired) electrons. The van der Waals surface area contributed by atoms with E-state index in [-0.39, 0.29) is 10.9 Å². The third kappa shape index (κ3) is 11.7.